The lowest BCUT2D eigenvalue weighted by Crippen LogP contribution is -2.21. The first kappa shape index (κ1) is 14.5. The third kappa shape index (κ3) is 3.56. The summed E-state index contributed by atoms with van der Waals surface area (Å²) in [6.45, 7) is 8.89. The Morgan fingerprint density at radius 3 is 2.70 bits per heavy atom. The average Bonchev–Trinajstić information content (AvgIpc) is 2.74. The third-order valence-electron chi connectivity index (χ3n) is 3.11. The number of anilines is 1. The standard InChI is InChI=1S/C17H24N2O/c1-6-15(20-17(2,3)4)12-18-14-7-8-16-13(11-14)9-10-19(16)5/h6-11,18H,12H2,1-5H3/b15-6+. The minimum atomic E-state index is -0.160. The van der Waals surface area contributed by atoms with Crippen LogP contribution in [-0.2, 0) is 11.8 Å². The lowest BCUT2D eigenvalue weighted by molar-refractivity contribution is 0.0517. The molecule has 108 valence electrons. The predicted molar refractivity (Wildman–Crippen MR) is 86.0 cm³/mol. The molecular weight excluding hydrogens is 248 g/mol. The Labute approximate surface area is 121 Å². The fraction of sp³-hybridized carbons (Fsp3) is 0.412. The van der Waals surface area contributed by atoms with Crippen LogP contribution in [0.1, 0.15) is 27.7 Å². The zero-order valence-electron chi connectivity index (χ0n) is 13.0. The van der Waals surface area contributed by atoms with Gasteiger partial charge in [0.2, 0.25) is 0 Å². The van der Waals surface area contributed by atoms with Gasteiger partial charge in [0.25, 0.3) is 0 Å². The van der Waals surface area contributed by atoms with Crippen LogP contribution in [0.4, 0.5) is 5.69 Å². The number of rotatable bonds is 4. The molecule has 0 aliphatic heterocycles. The van der Waals surface area contributed by atoms with Gasteiger partial charge in [0.05, 0.1) is 6.54 Å². The van der Waals surface area contributed by atoms with E-state index in [9.17, 15) is 0 Å². The van der Waals surface area contributed by atoms with Gasteiger partial charge in [0, 0.05) is 29.8 Å². The van der Waals surface area contributed by atoms with Crippen LogP contribution in [0.3, 0.4) is 0 Å². The van der Waals surface area contributed by atoms with E-state index in [4.69, 9.17) is 4.74 Å². The van der Waals surface area contributed by atoms with Crippen LogP contribution in [0.5, 0.6) is 0 Å². The van der Waals surface area contributed by atoms with Crippen LogP contribution >= 0.6 is 0 Å². The number of nitrogens with one attached hydrogen (secondary N) is 1. The number of nitrogens with zero attached hydrogens (tertiary/aromatic N) is 1. The van der Waals surface area contributed by atoms with Crippen molar-refractivity contribution >= 4 is 16.6 Å². The van der Waals surface area contributed by atoms with Crippen molar-refractivity contribution in [2.75, 3.05) is 11.9 Å². The second-order valence-electron chi connectivity index (χ2n) is 6.02. The minimum absolute atomic E-state index is 0.160. The van der Waals surface area contributed by atoms with E-state index < -0.39 is 0 Å². The molecular formula is C17H24N2O. The number of hydrogen-bond donors (Lipinski definition) is 1. The molecule has 3 heteroatoms. The zero-order chi connectivity index (χ0) is 14.8. The van der Waals surface area contributed by atoms with E-state index in [0.29, 0.717) is 6.54 Å². The number of aromatic nitrogens is 1. The first-order chi connectivity index (χ1) is 9.39. The second kappa shape index (κ2) is 5.61. The zero-order valence-corrected chi connectivity index (χ0v) is 13.0. The van der Waals surface area contributed by atoms with Crippen LogP contribution in [0.25, 0.3) is 10.9 Å². The highest BCUT2D eigenvalue weighted by Gasteiger charge is 2.12. The molecule has 0 saturated carbocycles. The van der Waals surface area contributed by atoms with Gasteiger partial charge in [-0.15, -0.1) is 0 Å². The summed E-state index contributed by atoms with van der Waals surface area (Å²) < 4.78 is 8.02. The molecule has 0 fully saturated rings. The Kier molecular flexibility index (Phi) is 4.07. The summed E-state index contributed by atoms with van der Waals surface area (Å²) >= 11 is 0. The lowest BCUT2D eigenvalue weighted by Gasteiger charge is -2.24. The highest BCUT2D eigenvalue weighted by molar-refractivity contribution is 5.83. The summed E-state index contributed by atoms with van der Waals surface area (Å²) in [5.74, 6) is 0.964. The molecule has 0 radical (unpaired) electrons. The molecule has 1 heterocycles. The molecule has 0 aliphatic carbocycles. The lowest BCUT2D eigenvalue weighted by atomic mass is 10.2. The van der Waals surface area contributed by atoms with Crippen molar-refractivity contribution in [3.05, 3.63) is 42.3 Å². The van der Waals surface area contributed by atoms with Gasteiger partial charge in [-0.3, -0.25) is 0 Å². The topological polar surface area (TPSA) is 26.2 Å². The fourth-order valence-corrected chi connectivity index (χ4v) is 2.17. The first-order valence-electron chi connectivity index (χ1n) is 7.02. The number of aryl methyl sites for hydroxylation is 1. The molecule has 1 aromatic heterocycles. The number of ether oxygens (including phenoxy) is 1. The molecule has 1 aromatic carbocycles. The first-order valence-corrected chi connectivity index (χ1v) is 7.02. The summed E-state index contributed by atoms with van der Waals surface area (Å²) in [6.07, 6.45) is 4.09. The Balaban J connectivity index is 2.05. The monoisotopic (exact) mass is 272 g/mol. The van der Waals surface area contributed by atoms with Crippen molar-refractivity contribution in [1.82, 2.24) is 4.57 Å². The van der Waals surface area contributed by atoms with Crippen LogP contribution < -0.4 is 5.32 Å². The largest absolute Gasteiger partial charge is 0.491 e. The molecule has 0 atom stereocenters. The van der Waals surface area contributed by atoms with Crippen molar-refractivity contribution in [3.63, 3.8) is 0 Å². The molecule has 0 aliphatic rings. The fourth-order valence-electron chi connectivity index (χ4n) is 2.17. The summed E-state index contributed by atoms with van der Waals surface area (Å²) in [4.78, 5) is 0. The van der Waals surface area contributed by atoms with Gasteiger partial charge in [-0.2, -0.15) is 0 Å². The van der Waals surface area contributed by atoms with Crippen molar-refractivity contribution in [2.45, 2.75) is 33.3 Å². The Morgan fingerprint density at radius 1 is 1.30 bits per heavy atom. The maximum atomic E-state index is 5.89. The van der Waals surface area contributed by atoms with Gasteiger partial charge in [-0.05, 0) is 58.0 Å². The van der Waals surface area contributed by atoms with Gasteiger partial charge in [0.1, 0.15) is 11.4 Å². The van der Waals surface area contributed by atoms with E-state index in [-0.39, 0.29) is 5.60 Å². The molecule has 0 spiro atoms. The van der Waals surface area contributed by atoms with Crippen LogP contribution in [0, 0.1) is 0 Å². The molecule has 0 bridgehead atoms. The average molecular weight is 272 g/mol. The van der Waals surface area contributed by atoms with E-state index in [0.717, 1.165) is 11.4 Å². The Hall–Kier alpha value is -1.90. The van der Waals surface area contributed by atoms with Crippen LogP contribution in [0.2, 0.25) is 0 Å². The molecule has 2 aromatic rings. The van der Waals surface area contributed by atoms with E-state index in [1.165, 1.54) is 10.9 Å². The van der Waals surface area contributed by atoms with Crippen molar-refractivity contribution < 1.29 is 4.74 Å². The number of allylic oxidation sites excluding steroid dienone is 1. The summed E-state index contributed by atoms with van der Waals surface area (Å²) in [7, 11) is 2.06. The molecule has 3 nitrogen and oxygen atoms in total. The highest BCUT2D eigenvalue weighted by atomic mass is 16.5. The van der Waals surface area contributed by atoms with E-state index in [1.54, 1.807) is 0 Å². The van der Waals surface area contributed by atoms with E-state index >= 15 is 0 Å². The molecule has 0 unspecified atom stereocenters. The Morgan fingerprint density at radius 2 is 2.05 bits per heavy atom. The van der Waals surface area contributed by atoms with Crippen molar-refractivity contribution in [2.24, 2.45) is 7.05 Å². The second-order valence-corrected chi connectivity index (χ2v) is 6.02. The molecule has 0 amide bonds. The van der Waals surface area contributed by atoms with Crippen molar-refractivity contribution in [3.8, 4) is 0 Å². The number of hydrogen-bond acceptors (Lipinski definition) is 2. The maximum Gasteiger partial charge on any atom is 0.112 e. The smallest absolute Gasteiger partial charge is 0.112 e. The summed E-state index contributed by atoms with van der Waals surface area (Å²) in [5.41, 5.74) is 2.20. The van der Waals surface area contributed by atoms with E-state index in [2.05, 4.69) is 68.2 Å². The SMILES string of the molecule is C/C=C(\CNc1ccc2c(ccn2C)c1)OC(C)(C)C. The third-order valence-corrected chi connectivity index (χ3v) is 3.11. The molecule has 0 saturated heterocycles. The summed E-state index contributed by atoms with van der Waals surface area (Å²) in [6, 6.07) is 8.53. The molecule has 20 heavy (non-hydrogen) atoms. The number of benzene rings is 1. The van der Waals surface area contributed by atoms with Crippen LogP contribution in [-0.4, -0.2) is 16.7 Å². The quantitative estimate of drug-likeness (QED) is 0.839. The van der Waals surface area contributed by atoms with Gasteiger partial charge < -0.3 is 14.6 Å². The van der Waals surface area contributed by atoms with Crippen LogP contribution in [0.15, 0.2) is 42.3 Å². The summed E-state index contributed by atoms with van der Waals surface area (Å²) in [5, 5.41) is 4.66. The van der Waals surface area contributed by atoms with Crippen molar-refractivity contribution in [1.29, 1.82) is 0 Å². The highest BCUT2D eigenvalue weighted by Crippen LogP contribution is 2.20. The van der Waals surface area contributed by atoms with Gasteiger partial charge in [-0.25, -0.2) is 0 Å². The minimum Gasteiger partial charge on any atom is -0.491 e. The molecule has 1 N–H and O–H groups in total. The van der Waals surface area contributed by atoms with Gasteiger partial charge in [0.15, 0.2) is 0 Å². The van der Waals surface area contributed by atoms with Gasteiger partial charge >= 0.3 is 0 Å². The van der Waals surface area contributed by atoms with Gasteiger partial charge in [-0.1, -0.05) is 0 Å². The Bertz CT molecular complexity index is 617. The maximum absolute atomic E-state index is 5.89. The normalized spacial score (nSPS) is 12.8. The molecule has 2 rings (SSSR count). The number of fused-ring (bicyclic) bond motifs is 1. The predicted octanol–water partition coefficient (Wildman–Crippen LogP) is 4.31. The van der Waals surface area contributed by atoms with E-state index in [1.807, 2.05) is 13.0 Å².